The van der Waals surface area contributed by atoms with Gasteiger partial charge in [0.2, 0.25) is 5.91 Å². The Morgan fingerprint density at radius 1 is 1.35 bits per heavy atom. The smallest absolute Gasteiger partial charge is 0.237 e. The number of benzene rings is 1. The molecule has 0 heterocycles. The maximum atomic E-state index is 13.3. The molecule has 1 unspecified atom stereocenters. The largest absolute Gasteiger partial charge is 0.348 e. The van der Waals surface area contributed by atoms with Gasteiger partial charge in [0.1, 0.15) is 11.6 Å². The summed E-state index contributed by atoms with van der Waals surface area (Å²) in [5.74, 6) is -1.71. The van der Waals surface area contributed by atoms with Gasteiger partial charge in [-0.1, -0.05) is 6.07 Å². The van der Waals surface area contributed by atoms with E-state index in [-0.39, 0.29) is 23.9 Å². The molecule has 0 radical (unpaired) electrons. The van der Waals surface area contributed by atoms with E-state index in [1.165, 1.54) is 13.0 Å². The lowest BCUT2D eigenvalue weighted by Gasteiger charge is -2.16. The third kappa shape index (κ3) is 4.28. The van der Waals surface area contributed by atoms with Gasteiger partial charge in [-0.2, -0.15) is 0 Å². The van der Waals surface area contributed by atoms with Crippen LogP contribution in [0.15, 0.2) is 18.2 Å². The van der Waals surface area contributed by atoms with Crippen molar-refractivity contribution in [3.8, 4) is 0 Å². The van der Waals surface area contributed by atoms with Crippen molar-refractivity contribution in [3.05, 3.63) is 35.4 Å². The van der Waals surface area contributed by atoms with Crippen molar-refractivity contribution in [2.75, 3.05) is 0 Å². The first kappa shape index (κ1) is 15.8. The second-order valence-electron chi connectivity index (χ2n) is 3.68. The molecule has 96 valence electrons. The summed E-state index contributed by atoms with van der Waals surface area (Å²) < 4.78 is 26.0. The van der Waals surface area contributed by atoms with Gasteiger partial charge < -0.3 is 11.1 Å². The summed E-state index contributed by atoms with van der Waals surface area (Å²) in [6.45, 7) is 3.14. The van der Waals surface area contributed by atoms with Crippen LogP contribution in [0.25, 0.3) is 0 Å². The van der Waals surface area contributed by atoms with Crippen LogP contribution < -0.4 is 11.1 Å². The van der Waals surface area contributed by atoms with Gasteiger partial charge in [-0.3, -0.25) is 4.79 Å². The molecule has 0 spiro atoms. The minimum Gasteiger partial charge on any atom is -0.348 e. The van der Waals surface area contributed by atoms with Crippen molar-refractivity contribution in [2.45, 2.75) is 25.9 Å². The fourth-order valence-corrected chi connectivity index (χ4v) is 1.28. The van der Waals surface area contributed by atoms with Gasteiger partial charge in [0, 0.05) is 11.6 Å². The van der Waals surface area contributed by atoms with Gasteiger partial charge in [-0.25, -0.2) is 8.78 Å². The van der Waals surface area contributed by atoms with Crippen LogP contribution in [0.2, 0.25) is 0 Å². The highest BCUT2D eigenvalue weighted by atomic mass is 35.5. The van der Waals surface area contributed by atoms with Crippen LogP contribution in [0.1, 0.15) is 25.5 Å². The van der Waals surface area contributed by atoms with Crippen molar-refractivity contribution >= 4 is 18.3 Å². The molecule has 6 heteroatoms. The lowest BCUT2D eigenvalue weighted by Crippen LogP contribution is -2.39. The average Bonchev–Trinajstić information content (AvgIpc) is 2.16. The van der Waals surface area contributed by atoms with Crippen LogP contribution in [0.3, 0.4) is 0 Å². The Labute approximate surface area is 105 Å². The third-order valence-corrected chi connectivity index (χ3v) is 2.20. The fourth-order valence-electron chi connectivity index (χ4n) is 1.28. The molecule has 0 bridgehead atoms. The Bertz CT molecular complexity index is 399. The van der Waals surface area contributed by atoms with E-state index < -0.39 is 23.7 Å². The first-order valence-corrected chi connectivity index (χ1v) is 4.92. The molecule has 0 saturated heterocycles. The summed E-state index contributed by atoms with van der Waals surface area (Å²) in [6, 6.07) is 2.03. The lowest BCUT2D eigenvalue weighted by molar-refractivity contribution is -0.122. The molecule has 0 aliphatic carbocycles. The molecule has 0 aliphatic heterocycles. The maximum Gasteiger partial charge on any atom is 0.237 e. The van der Waals surface area contributed by atoms with Crippen molar-refractivity contribution in [1.29, 1.82) is 0 Å². The van der Waals surface area contributed by atoms with Gasteiger partial charge in [0.05, 0.1) is 12.1 Å². The zero-order chi connectivity index (χ0) is 12.3. The zero-order valence-corrected chi connectivity index (χ0v) is 10.4. The Balaban J connectivity index is 0.00000256. The molecule has 1 aromatic carbocycles. The molecule has 1 aromatic rings. The zero-order valence-electron chi connectivity index (χ0n) is 9.54. The molecular formula is C11H15ClF2N2O. The number of hydrogen-bond donors (Lipinski definition) is 2. The molecular weight excluding hydrogens is 250 g/mol. The third-order valence-electron chi connectivity index (χ3n) is 2.20. The molecule has 3 N–H and O–H groups in total. The summed E-state index contributed by atoms with van der Waals surface area (Å²) >= 11 is 0. The number of rotatable bonds is 3. The number of carbonyl (C=O) groups is 1. The Hall–Kier alpha value is -1.20. The molecule has 17 heavy (non-hydrogen) atoms. The monoisotopic (exact) mass is 264 g/mol. The molecule has 3 nitrogen and oxygen atoms in total. The Morgan fingerprint density at radius 3 is 2.41 bits per heavy atom. The minimum absolute atomic E-state index is 0. The number of amides is 1. The van der Waals surface area contributed by atoms with Gasteiger partial charge in [0.25, 0.3) is 0 Å². The molecule has 0 saturated carbocycles. The first-order chi connectivity index (χ1) is 7.41. The van der Waals surface area contributed by atoms with E-state index in [1.54, 1.807) is 6.92 Å². The van der Waals surface area contributed by atoms with E-state index in [4.69, 9.17) is 5.73 Å². The van der Waals surface area contributed by atoms with E-state index in [2.05, 4.69) is 5.32 Å². The van der Waals surface area contributed by atoms with E-state index in [0.29, 0.717) is 0 Å². The van der Waals surface area contributed by atoms with Gasteiger partial charge in [-0.05, 0) is 19.9 Å². The highest BCUT2D eigenvalue weighted by Gasteiger charge is 2.15. The molecule has 1 rings (SSSR count). The molecule has 0 aromatic heterocycles. The second-order valence-corrected chi connectivity index (χ2v) is 3.68. The first-order valence-electron chi connectivity index (χ1n) is 4.92. The fraction of sp³-hybridized carbons (Fsp3) is 0.364. The number of halogens is 3. The van der Waals surface area contributed by atoms with Crippen molar-refractivity contribution in [1.82, 2.24) is 5.32 Å². The second kappa shape index (κ2) is 6.51. The maximum absolute atomic E-state index is 13.3. The van der Waals surface area contributed by atoms with E-state index in [9.17, 15) is 13.6 Å². The van der Waals surface area contributed by atoms with Crippen LogP contribution in [-0.4, -0.2) is 11.9 Å². The molecule has 1 amide bonds. The summed E-state index contributed by atoms with van der Waals surface area (Å²) in [6.07, 6.45) is 0. The molecule has 0 aliphatic rings. The molecule has 0 fully saturated rings. The Kier molecular flexibility index (Phi) is 6.05. The summed E-state index contributed by atoms with van der Waals surface area (Å²) in [4.78, 5) is 11.3. The van der Waals surface area contributed by atoms with Crippen LogP contribution in [0.4, 0.5) is 8.78 Å². The van der Waals surface area contributed by atoms with Gasteiger partial charge >= 0.3 is 0 Å². The van der Waals surface area contributed by atoms with E-state index in [0.717, 1.165) is 12.1 Å². The van der Waals surface area contributed by atoms with Crippen molar-refractivity contribution < 1.29 is 13.6 Å². The average molecular weight is 265 g/mol. The number of carbonyl (C=O) groups excluding carboxylic acids is 1. The standard InChI is InChI=1S/C11H14F2N2O.ClH/c1-6(14)11(16)15-7(2)9-4-3-8(12)5-10(9)13;/h3-7H,14H2,1-2H3,(H,15,16);1H/t6-,7?;/m0./s1. The highest BCUT2D eigenvalue weighted by Crippen LogP contribution is 2.17. The SMILES string of the molecule is CC(NC(=O)[C@H](C)N)c1ccc(F)cc1F.Cl. The van der Waals surface area contributed by atoms with Crippen LogP contribution in [-0.2, 0) is 4.79 Å². The van der Waals surface area contributed by atoms with Crippen LogP contribution in [0.5, 0.6) is 0 Å². The predicted octanol–water partition coefficient (Wildman–Crippen LogP) is 1.91. The number of nitrogens with two attached hydrogens (primary N) is 1. The van der Waals surface area contributed by atoms with E-state index >= 15 is 0 Å². The number of nitrogens with one attached hydrogen (secondary N) is 1. The van der Waals surface area contributed by atoms with Crippen molar-refractivity contribution in [3.63, 3.8) is 0 Å². The lowest BCUT2D eigenvalue weighted by atomic mass is 10.1. The van der Waals surface area contributed by atoms with Gasteiger partial charge in [-0.15, -0.1) is 12.4 Å². The topological polar surface area (TPSA) is 55.1 Å². The Morgan fingerprint density at radius 2 is 1.94 bits per heavy atom. The van der Waals surface area contributed by atoms with Gasteiger partial charge in [0.15, 0.2) is 0 Å². The van der Waals surface area contributed by atoms with Crippen LogP contribution in [0, 0.1) is 11.6 Å². The van der Waals surface area contributed by atoms with E-state index in [1.807, 2.05) is 0 Å². The predicted molar refractivity (Wildman–Crippen MR) is 63.8 cm³/mol. The highest BCUT2D eigenvalue weighted by molar-refractivity contribution is 5.85. The quantitative estimate of drug-likeness (QED) is 0.876. The van der Waals surface area contributed by atoms with Crippen molar-refractivity contribution in [2.24, 2.45) is 5.73 Å². The minimum atomic E-state index is -0.683. The summed E-state index contributed by atoms with van der Waals surface area (Å²) in [5.41, 5.74) is 5.59. The number of hydrogen-bond acceptors (Lipinski definition) is 2. The van der Waals surface area contributed by atoms with Crippen LogP contribution >= 0.6 is 12.4 Å². The normalized spacial score (nSPS) is 13.5. The summed E-state index contributed by atoms with van der Waals surface area (Å²) in [7, 11) is 0. The summed E-state index contributed by atoms with van der Waals surface area (Å²) in [5, 5.41) is 2.53. The molecule has 2 atom stereocenters.